The average molecular weight is 327 g/mol. The van der Waals surface area contributed by atoms with Crippen LogP contribution >= 0.6 is 0 Å². The monoisotopic (exact) mass is 327 g/mol. The van der Waals surface area contributed by atoms with Gasteiger partial charge in [0, 0.05) is 18.8 Å². The molecular formula is C22H22BNO. The number of benzene rings is 3. The third-order valence-electron chi connectivity index (χ3n) is 4.97. The number of aryl methyl sites for hydroxylation is 1. The zero-order valence-electron chi connectivity index (χ0n) is 14.3. The Kier molecular flexibility index (Phi) is 4.58. The summed E-state index contributed by atoms with van der Waals surface area (Å²) in [6.07, 6.45) is 1.82. The third-order valence-corrected chi connectivity index (χ3v) is 4.97. The first kappa shape index (κ1) is 16.0. The van der Waals surface area contributed by atoms with Crippen LogP contribution in [0.3, 0.4) is 0 Å². The molecule has 4 rings (SSSR count). The Hall–Kier alpha value is -2.52. The minimum Gasteiger partial charge on any atom is -0.446 e. The molecule has 0 atom stereocenters. The Morgan fingerprint density at radius 3 is 2.00 bits per heavy atom. The molecule has 0 amide bonds. The van der Waals surface area contributed by atoms with Gasteiger partial charge >= 0.3 is 6.92 Å². The normalized spacial score (nSPS) is 12.9. The van der Waals surface area contributed by atoms with E-state index in [4.69, 9.17) is 0 Å². The predicted octanol–water partition coefficient (Wildman–Crippen LogP) is 3.64. The number of hydrogen-bond donors (Lipinski definition) is 1. The van der Waals surface area contributed by atoms with Crippen molar-refractivity contribution in [1.82, 2.24) is 0 Å². The second-order valence-electron chi connectivity index (χ2n) is 6.76. The van der Waals surface area contributed by atoms with Crippen LogP contribution in [-0.2, 0) is 19.5 Å². The lowest BCUT2D eigenvalue weighted by molar-refractivity contribution is 0.587. The number of rotatable bonds is 5. The molecule has 1 aliphatic rings. The molecule has 25 heavy (non-hydrogen) atoms. The highest BCUT2D eigenvalue weighted by Crippen LogP contribution is 2.23. The van der Waals surface area contributed by atoms with Crippen LogP contribution in [0.15, 0.2) is 78.9 Å². The van der Waals surface area contributed by atoms with Gasteiger partial charge in [0.1, 0.15) is 0 Å². The molecule has 0 radical (unpaired) electrons. The lowest BCUT2D eigenvalue weighted by Crippen LogP contribution is -2.28. The molecule has 3 aromatic rings. The minimum atomic E-state index is -0.315. The first-order valence-corrected chi connectivity index (χ1v) is 8.93. The molecule has 0 bridgehead atoms. The molecule has 124 valence electrons. The Morgan fingerprint density at radius 1 is 0.800 bits per heavy atom. The van der Waals surface area contributed by atoms with Gasteiger partial charge in [0.05, 0.1) is 0 Å². The van der Waals surface area contributed by atoms with Crippen molar-refractivity contribution in [1.29, 1.82) is 0 Å². The molecule has 0 spiro atoms. The fourth-order valence-electron chi connectivity index (χ4n) is 3.61. The lowest BCUT2D eigenvalue weighted by Gasteiger charge is -2.26. The van der Waals surface area contributed by atoms with Crippen LogP contribution in [-0.4, -0.2) is 11.9 Å². The smallest absolute Gasteiger partial charge is 0.324 e. The molecule has 1 aliphatic heterocycles. The molecule has 3 heteroatoms. The van der Waals surface area contributed by atoms with Crippen molar-refractivity contribution >= 4 is 18.1 Å². The highest BCUT2D eigenvalue weighted by Gasteiger charge is 2.25. The largest absolute Gasteiger partial charge is 0.446 e. The van der Waals surface area contributed by atoms with Crippen LogP contribution in [0, 0.1) is 0 Å². The van der Waals surface area contributed by atoms with Crippen LogP contribution in [0.5, 0.6) is 0 Å². The van der Waals surface area contributed by atoms with Gasteiger partial charge in [-0.15, -0.1) is 0 Å². The van der Waals surface area contributed by atoms with E-state index in [2.05, 4.69) is 83.8 Å². The standard InChI is InChI=1S/C22H22BNO/c25-23-14-13-20-11-12-21(15-22(20)23)24(16-18-7-3-1-4-8-18)17-19-9-5-2-6-10-19/h1-12,15,25H,13-14,16-17H2. The summed E-state index contributed by atoms with van der Waals surface area (Å²) in [5.41, 5.74) is 6.14. The maximum Gasteiger partial charge on any atom is 0.324 e. The van der Waals surface area contributed by atoms with E-state index in [1.165, 1.54) is 22.4 Å². The highest BCUT2D eigenvalue weighted by molar-refractivity contribution is 6.68. The summed E-state index contributed by atoms with van der Waals surface area (Å²) >= 11 is 0. The third kappa shape index (κ3) is 3.62. The van der Waals surface area contributed by atoms with E-state index in [1.54, 1.807) is 0 Å². The molecule has 0 saturated carbocycles. The molecule has 0 aliphatic carbocycles. The van der Waals surface area contributed by atoms with Crippen molar-refractivity contribution in [3.63, 3.8) is 0 Å². The summed E-state index contributed by atoms with van der Waals surface area (Å²) in [5, 5.41) is 10.2. The van der Waals surface area contributed by atoms with E-state index in [0.29, 0.717) is 0 Å². The van der Waals surface area contributed by atoms with E-state index in [9.17, 15) is 5.02 Å². The van der Waals surface area contributed by atoms with E-state index in [0.717, 1.165) is 31.3 Å². The van der Waals surface area contributed by atoms with Gasteiger partial charge in [-0.3, -0.25) is 0 Å². The number of hydrogen-bond acceptors (Lipinski definition) is 2. The number of fused-ring (bicyclic) bond motifs is 1. The quantitative estimate of drug-likeness (QED) is 0.723. The van der Waals surface area contributed by atoms with Gasteiger partial charge in [0.2, 0.25) is 0 Å². The second kappa shape index (κ2) is 7.16. The molecule has 1 N–H and O–H groups in total. The Labute approximate surface area is 149 Å². The Balaban J connectivity index is 1.66. The van der Waals surface area contributed by atoms with Crippen LogP contribution in [0.1, 0.15) is 16.7 Å². The Morgan fingerprint density at radius 2 is 1.40 bits per heavy atom. The van der Waals surface area contributed by atoms with Crippen molar-refractivity contribution in [2.24, 2.45) is 0 Å². The zero-order valence-corrected chi connectivity index (χ0v) is 14.3. The number of nitrogens with zero attached hydrogens (tertiary/aromatic N) is 1. The fourth-order valence-corrected chi connectivity index (χ4v) is 3.61. The molecule has 2 nitrogen and oxygen atoms in total. The Bertz CT molecular complexity index is 794. The molecule has 0 fully saturated rings. The van der Waals surface area contributed by atoms with Crippen LogP contribution in [0.2, 0.25) is 6.32 Å². The van der Waals surface area contributed by atoms with Gasteiger partial charge in [-0.05, 0) is 41.5 Å². The van der Waals surface area contributed by atoms with E-state index >= 15 is 0 Å². The van der Waals surface area contributed by atoms with Gasteiger partial charge in [0.25, 0.3) is 0 Å². The number of anilines is 1. The molecule has 0 saturated heterocycles. The van der Waals surface area contributed by atoms with Crippen molar-refractivity contribution in [3.05, 3.63) is 95.6 Å². The van der Waals surface area contributed by atoms with Gasteiger partial charge in [-0.25, -0.2) is 0 Å². The van der Waals surface area contributed by atoms with E-state index in [1.807, 2.05) is 0 Å². The van der Waals surface area contributed by atoms with Gasteiger partial charge < -0.3 is 9.92 Å². The molecule has 1 heterocycles. The summed E-state index contributed by atoms with van der Waals surface area (Å²) in [4.78, 5) is 2.38. The van der Waals surface area contributed by atoms with Crippen molar-refractivity contribution in [2.75, 3.05) is 4.90 Å². The highest BCUT2D eigenvalue weighted by atomic mass is 16.2. The van der Waals surface area contributed by atoms with Crippen molar-refractivity contribution in [2.45, 2.75) is 25.8 Å². The van der Waals surface area contributed by atoms with Crippen LogP contribution in [0.4, 0.5) is 5.69 Å². The van der Waals surface area contributed by atoms with Gasteiger partial charge in [-0.1, -0.05) is 72.3 Å². The van der Waals surface area contributed by atoms with Crippen LogP contribution in [0.25, 0.3) is 0 Å². The summed E-state index contributed by atoms with van der Waals surface area (Å²) in [6, 6.07) is 27.7. The minimum absolute atomic E-state index is 0.315. The maximum absolute atomic E-state index is 10.2. The maximum atomic E-state index is 10.2. The molecular weight excluding hydrogens is 305 g/mol. The van der Waals surface area contributed by atoms with Crippen molar-refractivity contribution in [3.8, 4) is 0 Å². The second-order valence-corrected chi connectivity index (χ2v) is 6.76. The van der Waals surface area contributed by atoms with Gasteiger partial charge in [-0.2, -0.15) is 0 Å². The van der Waals surface area contributed by atoms with Crippen molar-refractivity contribution < 1.29 is 5.02 Å². The SMILES string of the molecule is OB1CCc2ccc(N(Cc3ccccc3)Cc3ccccc3)cc21. The first-order valence-electron chi connectivity index (χ1n) is 8.93. The van der Waals surface area contributed by atoms with Crippen LogP contribution < -0.4 is 10.4 Å². The zero-order chi connectivity index (χ0) is 17.1. The average Bonchev–Trinajstić information content (AvgIpc) is 3.03. The lowest BCUT2D eigenvalue weighted by atomic mass is 9.63. The summed E-state index contributed by atoms with van der Waals surface area (Å²) in [6.45, 7) is 1.39. The summed E-state index contributed by atoms with van der Waals surface area (Å²) < 4.78 is 0. The summed E-state index contributed by atoms with van der Waals surface area (Å²) in [5.74, 6) is 0. The fraction of sp³-hybridized carbons (Fsp3) is 0.182. The molecule has 0 aromatic heterocycles. The first-order chi connectivity index (χ1) is 12.3. The summed E-state index contributed by atoms with van der Waals surface area (Å²) in [7, 11) is 0. The predicted molar refractivity (Wildman–Crippen MR) is 105 cm³/mol. The molecule has 0 unspecified atom stereocenters. The van der Waals surface area contributed by atoms with E-state index < -0.39 is 0 Å². The van der Waals surface area contributed by atoms with E-state index in [-0.39, 0.29) is 6.92 Å². The van der Waals surface area contributed by atoms with Gasteiger partial charge in [0.15, 0.2) is 0 Å². The molecule has 3 aromatic carbocycles. The topological polar surface area (TPSA) is 23.5 Å².